The second kappa shape index (κ2) is 14.3. The lowest BCUT2D eigenvalue weighted by atomic mass is 9.85. The molecule has 0 saturated carbocycles. The Morgan fingerprint density at radius 1 is 0.526 bits per heavy atom. The predicted octanol–water partition coefficient (Wildman–Crippen LogP) is 5.32. The van der Waals surface area contributed by atoms with Crippen molar-refractivity contribution in [2.45, 2.75) is 26.7 Å². The summed E-state index contributed by atoms with van der Waals surface area (Å²) in [4.78, 5) is 46.4. The maximum absolute atomic E-state index is 11.7. The highest BCUT2D eigenvalue weighted by atomic mass is 16.8. The highest BCUT2D eigenvalue weighted by Crippen LogP contribution is 2.33. The van der Waals surface area contributed by atoms with Gasteiger partial charge in [0.2, 0.25) is 0 Å². The van der Waals surface area contributed by atoms with Crippen LogP contribution in [0.1, 0.15) is 25.0 Å². The van der Waals surface area contributed by atoms with Crippen LogP contribution in [0.3, 0.4) is 0 Å². The van der Waals surface area contributed by atoms with Crippen molar-refractivity contribution in [2.24, 2.45) is 11.8 Å². The van der Waals surface area contributed by atoms with Crippen LogP contribution in [0.5, 0.6) is 23.0 Å². The average Bonchev–Trinajstić information content (AvgIpc) is 2.90. The van der Waals surface area contributed by atoms with Crippen molar-refractivity contribution in [3.63, 3.8) is 0 Å². The lowest BCUT2D eigenvalue weighted by molar-refractivity contribution is 0.110. The summed E-state index contributed by atoms with van der Waals surface area (Å²) in [5.74, 6) is 0.266. The van der Waals surface area contributed by atoms with Gasteiger partial charge in [-0.15, -0.1) is 0 Å². The van der Waals surface area contributed by atoms with Crippen LogP contribution < -0.4 is 18.9 Å². The van der Waals surface area contributed by atoms with Crippen LogP contribution in [-0.4, -0.2) is 53.1 Å². The van der Waals surface area contributed by atoms with Gasteiger partial charge >= 0.3 is 24.6 Å². The molecule has 2 aromatic rings. The van der Waals surface area contributed by atoms with Crippen LogP contribution in [0.25, 0.3) is 0 Å². The fourth-order valence-corrected chi connectivity index (χ4v) is 3.36. The van der Waals surface area contributed by atoms with Crippen molar-refractivity contribution < 1.29 is 57.1 Å². The SMILES string of the molecule is COC(=O)Oc1ccc(C[C@@H](C)[C@@H](C)Cc2ccc(OC(=O)OC)c(OC(=O)OC)c2)cc1OC(=O)OC. The molecule has 38 heavy (non-hydrogen) atoms. The molecular formula is C26H30O12. The highest BCUT2D eigenvalue weighted by molar-refractivity contribution is 5.70. The van der Waals surface area contributed by atoms with E-state index >= 15 is 0 Å². The van der Waals surface area contributed by atoms with Gasteiger partial charge in [0.1, 0.15) is 0 Å². The summed E-state index contributed by atoms with van der Waals surface area (Å²) in [7, 11) is 4.63. The van der Waals surface area contributed by atoms with E-state index < -0.39 is 24.6 Å². The first-order valence-corrected chi connectivity index (χ1v) is 11.4. The molecule has 0 N–H and O–H groups in total. The van der Waals surface area contributed by atoms with Crippen LogP contribution in [0, 0.1) is 11.8 Å². The molecule has 0 fully saturated rings. The molecule has 0 aliphatic heterocycles. The zero-order valence-corrected chi connectivity index (χ0v) is 21.9. The monoisotopic (exact) mass is 534 g/mol. The summed E-state index contributed by atoms with van der Waals surface area (Å²) in [5.41, 5.74) is 1.63. The molecule has 0 unspecified atom stereocenters. The molecule has 12 heteroatoms. The first kappa shape index (κ1) is 29.7. The third kappa shape index (κ3) is 8.87. The van der Waals surface area contributed by atoms with Gasteiger partial charge in [-0.05, 0) is 60.1 Å². The van der Waals surface area contributed by atoms with Gasteiger partial charge in [0, 0.05) is 0 Å². The molecular weight excluding hydrogens is 504 g/mol. The van der Waals surface area contributed by atoms with Crippen molar-refractivity contribution in [2.75, 3.05) is 28.4 Å². The van der Waals surface area contributed by atoms with Gasteiger partial charge in [-0.2, -0.15) is 0 Å². The van der Waals surface area contributed by atoms with E-state index in [1.54, 1.807) is 24.3 Å². The number of benzene rings is 2. The molecule has 0 aliphatic rings. The van der Waals surface area contributed by atoms with E-state index in [1.807, 2.05) is 13.8 Å². The summed E-state index contributed by atoms with van der Waals surface area (Å²) >= 11 is 0. The van der Waals surface area contributed by atoms with E-state index in [1.165, 1.54) is 12.1 Å². The standard InChI is InChI=1S/C26H30O12/c1-15(11-17-7-9-19(35-23(27)31-3)21(13-17)37-25(29)33-5)16(2)12-18-8-10-20(36-24(28)32-4)22(14-18)38-26(30)34-6/h7-10,13-16H,11-12H2,1-6H3/t15-,16+. The molecule has 2 rings (SSSR count). The Hall–Kier alpha value is -4.48. The van der Waals surface area contributed by atoms with Crippen molar-refractivity contribution >= 4 is 24.6 Å². The lowest BCUT2D eigenvalue weighted by Gasteiger charge is -2.21. The van der Waals surface area contributed by atoms with Crippen LogP contribution >= 0.6 is 0 Å². The molecule has 0 aliphatic carbocycles. The zero-order valence-electron chi connectivity index (χ0n) is 21.9. The summed E-state index contributed by atoms with van der Waals surface area (Å²) in [5, 5.41) is 0. The fraction of sp³-hybridized carbons (Fsp3) is 0.385. The molecule has 0 bridgehead atoms. The van der Waals surface area contributed by atoms with Crippen molar-refractivity contribution in [3.05, 3.63) is 47.5 Å². The quantitative estimate of drug-likeness (QED) is 0.233. The van der Waals surface area contributed by atoms with Crippen LogP contribution in [0.2, 0.25) is 0 Å². The molecule has 0 amide bonds. The predicted molar refractivity (Wildman–Crippen MR) is 131 cm³/mol. The molecule has 0 saturated heterocycles. The number of ether oxygens (including phenoxy) is 8. The topological polar surface area (TPSA) is 142 Å². The van der Waals surface area contributed by atoms with E-state index in [2.05, 4.69) is 18.9 Å². The number of carbonyl (C=O) groups excluding carboxylic acids is 4. The maximum atomic E-state index is 11.7. The summed E-state index contributed by atoms with van der Waals surface area (Å²) in [6, 6.07) is 9.65. The number of hydrogen-bond donors (Lipinski definition) is 0. The largest absolute Gasteiger partial charge is 0.513 e. The van der Waals surface area contributed by atoms with Crippen molar-refractivity contribution in [1.29, 1.82) is 0 Å². The Bertz CT molecular complexity index is 1050. The molecule has 2 aromatic carbocycles. The van der Waals surface area contributed by atoms with Crippen LogP contribution in [0.4, 0.5) is 19.2 Å². The minimum Gasteiger partial charge on any atom is -0.437 e. The van der Waals surface area contributed by atoms with Gasteiger partial charge in [-0.1, -0.05) is 26.0 Å². The van der Waals surface area contributed by atoms with E-state index in [9.17, 15) is 19.2 Å². The van der Waals surface area contributed by atoms with Gasteiger partial charge in [-0.25, -0.2) is 19.2 Å². The molecule has 2 atom stereocenters. The third-order valence-corrected chi connectivity index (χ3v) is 5.54. The number of rotatable bonds is 9. The second-order valence-corrected chi connectivity index (χ2v) is 8.15. The molecule has 0 aromatic heterocycles. The van der Waals surface area contributed by atoms with Crippen LogP contribution in [-0.2, 0) is 31.8 Å². The van der Waals surface area contributed by atoms with Gasteiger partial charge in [-0.3, -0.25) is 0 Å². The first-order chi connectivity index (χ1) is 18.1. The van der Waals surface area contributed by atoms with Gasteiger partial charge in [0.25, 0.3) is 0 Å². The Kier molecular flexibility index (Phi) is 11.2. The van der Waals surface area contributed by atoms with Crippen LogP contribution in [0.15, 0.2) is 36.4 Å². The second-order valence-electron chi connectivity index (χ2n) is 8.15. The maximum Gasteiger partial charge on any atom is 0.513 e. The van der Waals surface area contributed by atoms with Crippen molar-refractivity contribution in [1.82, 2.24) is 0 Å². The Morgan fingerprint density at radius 2 is 0.816 bits per heavy atom. The molecule has 12 nitrogen and oxygen atoms in total. The lowest BCUT2D eigenvalue weighted by Crippen LogP contribution is -2.15. The van der Waals surface area contributed by atoms with Gasteiger partial charge < -0.3 is 37.9 Å². The van der Waals surface area contributed by atoms with E-state index in [-0.39, 0.29) is 34.8 Å². The van der Waals surface area contributed by atoms with E-state index in [0.29, 0.717) is 12.8 Å². The Labute approximate surface area is 219 Å². The summed E-state index contributed by atoms with van der Waals surface area (Å²) in [6.45, 7) is 4.09. The summed E-state index contributed by atoms with van der Waals surface area (Å²) < 4.78 is 38.4. The Morgan fingerprint density at radius 3 is 1.11 bits per heavy atom. The van der Waals surface area contributed by atoms with E-state index in [4.69, 9.17) is 18.9 Å². The molecule has 206 valence electrons. The highest BCUT2D eigenvalue weighted by Gasteiger charge is 2.20. The van der Waals surface area contributed by atoms with E-state index in [0.717, 1.165) is 39.6 Å². The summed E-state index contributed by atoms with van der Waals surface area (Å²) in [6.07, 6.45) is -2.69. The molecule has 0 heterocycles. The van der Waals surface area contributed by atoms with Gasteiger partial charge in [0.05, 0.1) is 28.4 Å². The normalized spacial score (nSPS) is 11.8. The minimum atomic E-state index is -0.970. The average molecular weight is 535 g/mol. The van der Waals surface area contributed by atoms with Crippen molar-refractivity contribution in [3.8, 4) is 23.0 Å². The Balaban J connectivity index is 2.18. The zero-order chi connectivity index (χ0) is 28.2. The number of hydrogen-bond acceptors (Lipinski definition) is 12. The molecule has 0 radical (unpaired) electrons. The minimum absolute atomic E-state index is 0.000833. The fourth-order valence-electron chi connectivity index (χ4n) is 3.36. The molecule has 0 spiro atoms. The third-order valence-electron chi connectivity index (χ3n) is 5.54. The number of methoxy groups -OCH3 is 4. The van der Waals surface area contributed by atoms with Gasteiger partial charge in [0.15, 0.2) is 23.0 Å². The number of carbonyl (C=O) groups is 4. The first-order valence-electron chi connectivity index (χ1n) is 11.4. The smallest absolute Gasteiger partial charge is 0.437 e.